The predicted molar refractivity (Wildman–Crippen MR) is 154 cm³/mol. The van der Waals surface area contributed by atoms with Gasteiger partial charge in [-0.15, -0.1) is 0 Å². The molecule has 234 valence electrons. The van der Waals surface area contributed by atoms with Crippen LogP contribution in [-0.4, -0.2) is 70.2 Å². The van der Waals surface area contributed by atoms with E-state index in [1.165, 1.54) is 20.8 Å². The molecule has 0 amide bonds. The van der Waals surface area contributed by atoms with Crippen molar-refractivity contribution in [1.82, 2.24) is 0 Å². The Bertz CT molecular complexity index is 1340. The smallest absolute Gasteiger partial charge is 0.338 e. The van der Waals surface area contributed by atoms with Crippen LogP contribution in [0.5, 0.6) is 0 Å². The lowest BCUT2D eigenvalue weighted by atomic mass is 9.56. The summed E-state index contributed by atoms with van der Waals surface area (Å²) in [6.07, 6.45) is -5.10. The number of benzene rings is 1. The van der Waals surface area contributed by atoms with Crippen molar-refractivity contribution in [2.24, 2.45) is 16.7 Å². The summed E-state index contributed by atoms with van der Waals surface area (Å²) in [6.45, 7) is 14.8. The molecule has 2 fully saturated rings. The van der Waals surface area contributed by atoms with E-state index >= 15 is 0 Å². The van der Waals surface area contributed by atoms with Crippen LogP contribution in [0.3, 0.4) is 0 Å². The monoisotopic (exact) mass is 598 g/mol. The second-order valence-electron chi connectivity index (χ2n) is 12.8. The first kappa shape index (κ1) is 32.4. The SMILES string of the molecule is C=C1[C@H]2C[C@]3(C(C)(C)O)C[C@H](OC(C)=O)C(C)=C3[C@H](OC(C)=O)[C@H](OC(=O)c3ccccc3)[C@]2(C)[C@H](OC(C)=O)C[C@@H]1O. The molecule has 0 aromatic heterocycles. The average Bonchev–Trinajstić information content (AvgIpc) is 3.13. The fraction of sp³-hybridized carbons (Fsp3) is 0.576. The van der Waals surface area contributed by atoms with Gasteiger partial charge in [0.05, 0.1) is 22.7 Å². The molecule has 0 bridgehead atoms. The molecule has 1 aromatic rings. The number of carbonyl (C=O) groups excluding carboxylic acids is 4. The highest BCUT2D eigenvalue weighted by atomic mass is 16.6. The van der Waals surface area contributed by atoms with Crippen molar-refractivity contribution in [1.29, 1.82) is 0 Å². The maximum atomic E-state index is 13.7. The summed E-state index contributed by atoms with van der Waals surface area (Å²) < 4.78 is 23.9. The van der Waals surface area contributed by atoms with Crippen molar-refractivity contribution in [3.05, 3.63) is 59.2 Å². The third-order valence-corrected chi connectivity index (χ3v) is 9.76. The largest absolute Gasteiger partial charge is 0.462 e. The third kappa shape index (κ3) is 5.62. The van der Waals surface area contributed by atoms with Crippen LogP contribution in [-0.2, 0) is 33.3 Å². The molecule has 0 radical (unpaired) electrons. The Morgan fingerprint density at radius 1 is 0.930 bits per heavy atom. The summed E-state index contributed by atoms with van der Waals surface area (Å²) in [7, 11) is 0. The van der Waals surface area contributed by atoms with Gasteiger partial charge in [0.1, 0.15) is 12.2 Å². The van der Waals surface area contributed by atoms with Crippen molar-refractivity contribution in [3.63, 3.8) is 0 Å². The first-order chi connectivity index (χ1) is 19.9. The molecule has 4 rings (SSSR count). The average molecular weight is 599 g/mol. The van der Waals surface area contributed by atoms with E-state index in [1.54, 1.807) is 58.0 Å². The molecule has 10 nitrogen and oxygen atoms in total. The van der Waals surface area contributed by atoms with Gasteiger partial charge in [-0.3, -0.25) is 14.4 Å². The number of aliphatic hydroxyl groups excluding tert-OH is 1. The van der Waals surface area contributed by atoms with Crippen LogP contribution in [0.2, 0.25) is 0 Å². The van der Waals surface area contributed by atoms with E-state index in [9.17, 15) is 29.4 Å². The summed E-state index contributed by atoms with van der Waals surface area (Å²) >= 11 is 0. The van der Waals surface area contributed by atoms with E-state index in [0.29, 0.717) is 16.7 Å². The Balaban J connectivity index is 2.07. The molecule has 1 aromatic carbocycles. The van der Waals surface area contributed by atoms with Gasteiger partial charge in [-0.2, -0.15) is 0 Å². The highest BCUT2D eigenvalue weighted by Crippen LogP contribution is 2.65. The zero-order valence-electron chi connectivity index (χ0n) is 25.8. The van der Waals surface area contributed by atoms with Crippen LogP contribution in [0.4, 0.5) is 0 Å². The number of aliphatic hydroxyl groups is 2. The van der Waals surface area contributed by atoms with Gasteiger partial charge in [0.15, 0.2) is 12.2 Å². The summed E-state index contributed by atoms with van der Waals surface area (Å²) in [5.74, 6) is -3.22. The minimum Gasteiger partial charge on any atom is -0.462 e. The van der Waals surface area contributed by atoms with Gasteiger partial charge in [0, 0.05) is 39.0 Å². The number of ether oxygens (including phenoxy) is 4. The lowest BCUT2D eigenvalue weighted by Crippen LogP contribution is -2.60. The maximum absolute atomic E-state index is 13.7. The minimum absolute atomic E-state index is 0.0266. The van der Waals surface area contributed by atoms with Gasteiger partial charge in [-0.05, 0) is 62.0 Å². The van der Waals surface area contributed by atoms with Gasteiger partial charge in [0.2, 0.25) is 0 Å². The zero-order chi connectivity index (χ0) is 32.1. The first-order valence-corrected chi connectivity index (χ1v) is 14.5. The fourth-order valence-corrected chi connectivity index (χ4v) is 7.62. The highest BCUT2D eigenvalue weighted by molar-refractivity contribution is 5.89. The molecular formula is C33H42O10. The van der Waals surface area contributed by atoms with Crippen molar-refractivity contribution in [2.45, 2.75) is 104 Å². The van der Waals surface area contributed by atoms with Gasteiger partial charge >= 0.3 is 23.9 Å². The van der Waals surface area contributed by atoms with Gasteiger partial charge < -0.3 is 29.2 Å². The van der Waals surface area contributed by atoms with Crippen molar-refractivity contribution < 1.29 is 48.3 Å². The number of hydrogen-bond acceptors (Lipinski definition) is 10. The lowest BCUT2D eigenvalue weighted by molar-refractivity contribution is -0.188. The van der Waals surface area contributed by atoms with Gasteiger partial charge in [-0.1, -0.05) is 31.7 Å². The van der Waals surface area contributed by atoms with Crippen LogP contribution in [0, 0.1) is 16.7 Å². The molecule has 0 saturated heterocycles. The number of carbonyl (C=O) groups is 4. The Kier molecular flexibility index (Phi) is 8.70. The molecule has 3 aliphatic carbocycles. The summed E-state index contributed by atoms with van der Waals surface area (Å²) in [5.41, 5.74) is -2.29. The van der Waals surface area contributed by atoms with E-state index in [1.807, 2.05) is 0 Å². The molecule has 3 aliphatic rings. The minimum atomic E-state index is -1.49. The molecule has 8 atom stereocenters. The molecule has 10 heteroatoms. The zero-order valence-corrected chi connectivity index (χ0v) is 25.8. The van der Waals surface area contributed by atoms with Crippen molar-refractivity contribution in [3.8, 4) is 0 Å². The second kappa shape index (κ2) is 11.5. The van der Waals surface area contributed by atoms with E-state index < -0.39 is 76.7 Å². The van der Waals surface area contributed by atoms with E-state index in [2.05, 4.69) is 6.58 Å². The van der Waals surface area contributed by atoms with E-state index in [-0.39, 0.29) is 24.8 Å². The Morgan fingerprint density at radius 2 is 1.51 bits per heavy atom. The topological polar surface area (TPSA) is 146 Å². The summed E-state index contributed by atoms with van der Waals surface area (Å²) in [5, 5.41) is 23.1. The van der Waals surface area contributed by atoms with Crippen LogP contribution < -0.4 is 0 Å². The molecular weight excluding hydrogens is 556 g/mol. The molecule has 2 saturated carbocycles. The number of esters is 4. The Labute approximate surface area is 252 Å². The number of hydrogen-bond donors (Lipinski definition) is 2. The van der Waals surface area contributed by atoms with E-state index in [4.69, 9.17) is 18.9 Å². The van der Waals surface area contributed by atoms with Gasteiger partial charge in [-0.25, -0.2) is 4.79 Å². The quantitative estimate of drug-likeness (QED) is 0.281. The first-order valence-electron chi connectivity index (χ1n) is 14.5. The highest BCUT2D eigenvalue weighted by Gasteiger charge is 2.69. The van der Waals surface area contributed by atoms with Crippen LogP contribution in [0.25, 0.3) is 0 Å². The van der Waals surface area contributed by atoms with E-state index in [0.717, 1.165) is 0 Å². The molecule has 0 aliphatic heterocycles. The van der Waals surface area contributed by atoms with Crippen LogP contribution in [0.1, 0.15) is 78.1 Å². The van der Waals surface area contributed by atoms with Gasteiger partial charge in [0.25, 0.3) is 0 Å². The standard InChI is InChI=1S/C33H42O10/c1-17-23-15-33(31(6,7)39)16-25(40-19(3)34)18(2)27(33)28(42-21(5)36)29(43-30(38)22-12-10-9-11-13-22)32(23,8)26(14-24(17)37)41-20(4)35/h9-13,23-26,28-29,37,39H,1,14-16H2,2-8H3/t23-,24+,25+,26-,28+,29+,32+,33+/m1/s1. The lowest BCUT2D eigenvalue weighted by Gasteiger charge is -2.53. The Morgan fingerprint density at radius 3 is 2.05 bits per heavy atom. The fourth-order valence-electron chi connectivity index (χ4n) is 7.62. The predicted octanol–water partition coefficient (Wildman–Crippen LogP) is 3.83. The summed E-state index contributed by atoms with van der Waals surface area (Å²) in [6, 6.07) is 8.30. The maximum Gasteiger partial charge on any atom is 0.338 e. The van der Waals surface area contributed by atoms with Crippen molar-refractivity contribution in [2.75, 3.05) is 0 Å². The summed E-state index contributed by atoms with van der Waals surface area (Å²) in [4.78, 5) is 51.1. The molecule has 0 spiro atoms. The van der Waals surface area contributed by atoms with Crippen molar-refractivity contribution >= 4 is 23.9 Å². The Hall–Kier alpha value is -3.50. The third-order valence-electron chi connectivity index (χ3n) is 9.76. The number of rotatable bonds is 6. The molecule has 2 N–H and O–H groups in total. The van der Waals surface area contributed by atoms with Crippen LogP contribution in [0.15, 0.2) is 53.6 Å². The second-order valence-corrected chi connectivity index (χ2v) is 12.8. The molecule has 0 heterocycles. The number of fused-ring (bicyclic) bond motifs is 2. The molecule has 0 unspecified atom stereocenters. The normalized spacial score (nSPS) is 33.9. The molecule has 43 heavy (non-hydrogen) atoms. The van der Waals surface area contributed by atoms with Crippen LogP contribution >= 0.6 is 0 Å².